The molecule has 1 heterocycles. The Hall–Kier alpha value is -0.540. The smallest absolute Gasteiger partial charge is 0.0876 e. The van der Waals surface area contributed by atoms with E-state index in [2.05, 4.69) is 6.92 Å². The molecule has 0 bridgehead atoms. The first-order chi connectivity index (χ1) is 6.84. The zero-order valence-electron chi connectivity index (χ0n) is 9.00. The molecule has 3 heteroatoms. The topological polar surface area (TPSA) is 44.5 Å². The average molecular weight is 199 g/mol. The van der Waals surface area contributed by atoms with Gasteiger partial charge in [0, 0.05) is 19.3 Å². The summed E-state index contributed by atoms with van der Waals surface area (Å²) in [7, 11) is 0. The van der Waals surface area contributed by atoms with Crippen LogP contribution >= 0.6 is 0 Å². The van der Waals surface area contributed by atoms with E-state index in [1.165, 1.54) is 5.57 Å². The van der Waals surface area contributed by atoms with Gasteiger partial charge >= 0.3 is 0 Å². The van der Waals surface area contributed by atoms with Crippen molar-refractivity contribution in [1.29, 1.82) is 0 Å². The van der Waals surface area contributed by atoms with E-state index in [1.807, 2.05) is 6.26 Å². The maximum Gasteiger partial charge on any atom is 0.0876 e. The van der Waals surface area contributed by atoms with Gasteiger partial charge in [-0.2, -0.15) is 0 Å². The van der Waals surface area contributed by atoms with Gasteiger partial charge in [-0.1, -0.05) is 6.92 Å². The van der Waals surface area contributed by atoms with Crippen LogP contribution in [-0.4, -0.2) is 25.9 Å². The lowest BCUT2D eigenvalue weighted by Gasteiger charge is -2.19. The SMILES string of the molecule is CCCOCCC(N)C1=COCCC1. The molecule has 0 saturated heterocycles. The van der Waals surface area contributed by atoms with Crippen LogP contribution in [0.4, 0.5) is 0 Å². The Morgan fingerprint density at radius 1 is 1.57 bits per heavy atom. The number of hydrogen-bond acceptors (Lipinski definition) is 3. The Morgan fingerprint density at radius 3 is 3.07 bits per heavy atom. The maximum absolute atomic E-state index is 6.00. The highest BCUT2D eigenvalue weighted by molar-refractivity contribution is 5.08. The van der Waals surface area contributed by atoms with Gasteiger partial charge < -0.3 is 15.2 Å². The number of rotatable bonds is 6. The van der Waals surface area contributed by atoms with E-state index in [0.717, 1.165) is 45.5 Å². The third kappa shape index (κ3) is 4.11. The van der Waals surface area contributed by atoms with E-state index in [9.17, 15) is 0 Å². The molecule has 1 atom stereocenters. The van der Waals surface area contributed by atoms with Crippen LogP contribution in [0.25, 0.3) is 0 Å². The summed E-state index contributed by atoms with van der Waals surface area (Å²) in [5.74, 6) is 0. The van der Waals surface area contributed by atoms with E-state index in [0.29, 0.717) is 0 Å². The van der Waals surface area contributed by atoms with Gasteiger partial charge in [-0.3, -0.25) is 0 Å². The predicted octanol–water partition coefficient (Wildman–Crippen LogP) is 1.82. The van der Waals surface area contributed by atoms with Gasteiger partial charge in [-0.05, 0) is 31.3 Å². The average Bonchev–Trinajstić information content (AvgIpc) is 2.25. The molecule has 1 unspecified atom stereocenters. The van der Waals surface area contributed by atoms with Gasteiger partial charge in [-0.15, -0.1) is 0 Å². The van der Waals surface area contributed by atoms with Crippen LogP contribution in [0, 0.1) is 0 Å². The Bertz CT molecular complexity index is 180. The van der Waals surface area contributed by atoms with Crippen LogP contribution in [0.5, 0.6) is 0 Å². The fourth-order valence-corrected chi connectivity index (χ4v) is 1.50. The molecular formula is C11H21NO2. The molecule has 14 heavy (non-hydrogen) atoms. The number of nitrogens with two attached hydrogens (primary N) is 1. The second-order valence-corrected chi connectivity index (χ2v) is 3.67. The molecule has 0 radical (unpaired) electrons. The molecule has 0 aromatic carbocycles. The van der Waals surface area contributed by atoms with Crippen molar-refractivity contribution in [3.63, 3.8) is 0 Å². The molecule has 0 saturated carbocycles. The van der Waals surface area contributed by atoms with Crippen molar-refractivity contribution in [2.24, 2.45) is 5.73 Å². The molecule has 0 fully saturated rings. The summed E-state index contributed by atoms with van der Waals surface area (Å²) >= 11 is 0. The minimum Gasteiger partial charge on any atom is -0.501 e. The summed E-state index contributed by atoms with van der Waals surface area (Å²) in [6, 6.07) is 0.118. The van der Waals surface area contributed by atoms with E-state index in [1.54, 1.807) is 0 Å². The highest BCUT2D eigenvalue weighted by atomic mass is 16.5. The lowest BCUT2D eigenvalue weighted by molar-refractivity contribution is 0.128. The van der Waals surface area contributed by atoms with Crippen molar-refractivity contribution in [3.8, 4) is 0 Å². The molecular weight excluding hydrogens is 178 g/mol. The predicted molar refractivity (Wildman–Crippen MR) is 57.0 cm³/mol. The third-order valence-corrected chi connectivity index (χ3v) is 2.36. The second kappa shape index (κ2) is 6.85. The molecule has 1 aliphatic rings. The number of hydrogen-bond donors (Lipinski definition) is 1. The Morgan fingerprint density at radius 2 is 2.43 bits per heavy atom. The van der Waals surface area contributed by atoms with Crippen molar-refractivity contribution >= 4 is 0 Å². The fourth-order valence-electron chi connectivity index (χ4n) is 1.50. The van der Waals surface area contributed by atoms with Crippen LogP contribution in [-0.2, 0) is 9.47 Å². The quantitative estimate of drug-likeness (QED) is 0.664. The van der Waals surface area contributed by atoms with Gasteiger partial charge in [0.15, 0.2) is 0 Å². The van der Waals surface area contributed by atoms with E-state index in [4.69, 9.17) is 15.2 Å². The molecule has 0 aromatic rings. The molecule has 82 valence electrons. The molecule has 0 aromatic heterocycles. The normalized spacial score (nSPS) is 18.6. The molecule has 3 nitrogen and oxygen atoms in total. The molecule has 1 aliphatic heterocycles. The Kier molecular flexibility index (Phi) is 5.64. The monoisotopic (exact) mass is 199 g/mol. The minimum atomic E-state index is 0.118. The molecule has 0 amide bonds. The summed E-state index contributed by atoms with van der Waals surface area (Å²) in [6.45, 7) is 4.54. The first-order valence-corrected chi connectivity index (χ1v) is 5.48. The van der Waals surface area contributed by atoms with Crippen molar-refractivity contribution in [1.82, 2.24) is 0 Å². The molecule has 0 spiro atoms. The second-order valence-electron chi connectivity index (χ2n) is 3.67. The van der Waals surface area contributed by atoms with E-state index < -0.39 is 0 Å². The first-order valence-electron chi connectivity index (χ1n) is 5.48. The largest absolute Gasteiger partial charge is 0.501 e. The molecule has 1 rings (SSSR count). The van der Waals surface area contributed by atoms with Crippen molar-refractivity contribution in [3.05, 3.63) is 11.8 Å². The summed E-state index contributed by atoms with van der Waals surface area (Å²) in [6.07, 6.45) is 5.97. The fraction of sp³-hybridized carbons (Fsp3) is 0.818. The molecule has 0 aliphatic carbocycles. The Labute approximate surface area is 86.3 Å². The van der Waals surface area contributed by atoms with Crippen molar-refractivity contribution in [2.45, 2.75) is 38.6 Å². The van der Waals surface area contributed by atoms with Crippen molar-refractivity contribution in [2.75, 3.05) is 19.8 Å². The zero-order chi connectivity index (χ0) is 10.2. The standard InChI is InChI=1S/C11H21NO2/c1-2-6-13-8-5-11(12)10-4-3-7-14-9-10/h9,11H,2-8,12H2,1H3. The van der Waals surface area contributed by atoms with Crippen molar-refractivity contribution < 1.29 is 9.47 Å². The van der Waals surface area contributed by atoms with Gasteiger partial charge in [0.2, 0.25) is 0 Å². The summed E-state index contributed by atoms with van der Waals surface area (Å²) in [5, 5.41) is 0. The zero-order valence-corrected chi connectivity index (χ0v) is 9.00. The van der Waals surface area contributed by atoms with E-state index in [-0.39, 0.29) is 6.04 Å². The lowest BCUT2D eigenvalue weighted by atomic mass is 10.0. The maximum atomic E-state index is 6.00. The van der Waals surface area contributed by atoms with Gasteiger partial charge in [0.1, 0.15) is 0 Å². The van der Waals surface area contributed by atoms with Gasteiger partial charge in [-0.25, -0.2) is 0 Å². The summed E-state index contributed by atoms with van der Waals surface area (Å²) in [5.41, 5.74) is 7.24. The van der Waals surface area contributed by atoms with Crippen LogP contribution in [0.15, 0.2) is 11.8 Å². The molecule has 2 N–H and O–H groups in total. The van der Waals surface area contributed by atoms with Gasteiger partial charge in [0.25, 0.3) is 0 Å². The van der Waals surface area contributed by atoms with Gasteiger partial charge in [0.05, 0.1) is 12.9 Å². The highest BCUT2D eigenvalue weighted by Crippen LogP contribution is 2.16. The van der Waals surface area contributed by atoms with Crippen LogP contribution < -0.4 is 5.73 Å². The number of ether oxygens (including phenoxy) is 2. The van der Waals surface area contributed by atoms with E-state index >= 15 is 0 Å². The highest BCUT2D eigenvalue weighted by Gasteiger charge is 2.12. The van der Waals surface area contributed by atoms with Crippen LogP contribution in [0.3, 0.4) is 0 Å². The first kappa shape index (κ1) is 11.5. The third-order valence-electron chi connectivity index (χ3n) is 2.36. The summed E-state index contributed by atoms with van der Waals surface area (Å²) in [4.78, 5) is 0. The summed E-state index contributed by atoms with van der Waals surface area (Å²) < 4.78 is 10.6. The lowest BCUT2D eigenvalue weighted by Crippen LogP contribution is -2.26. The van der Waals surface area contributed by atoms with Crippen LogP contribution in [0.1, 0.15) is 32.6 Å². The minimum absolute atomic E-state index is 0.118. The van der Waals surface area contributed by atoms with Crippen LogP contribution in [0.2, 0.25) is 0 Å². The Balaban J connectivity index is 2.13.